The number of ether oxygens (including phenoxy) is 1. The van der Waals surface area contributed by atoms with E-state index in [-0.39, 0.29) is 0 Å². The number of aryl methyl sites for hydroxylation is 2. The van der Waals surface area contributed by atoms with E-state index in [4.69, 9.17) is 15.5 Å². The second-order valence-electron chi connectivity index (χ2n) is 5.77. The van der Waals surface area contributed by atoms with Crippen LogP contribution in [-0.4, -0.2) is 23.2 Å². The number of nitrogens with two attached hydrogens (primary N) is 1. The molecule has 0 spiro atoms. The Morgan fingerprint density at radius 2 is 2.05 bits per heavy atom. The molecule has 5 heteroatoms. The average Bonchev–Trinajstić information content (AvgIpc) is 2.87. The van der Waals surface area contributed by atoms with Crippen molar-refractivity contribution in [2.75, 3.05) is 18.9 Å². The van der Waals surface area contributed by atoms with Crippen LogP contribution in [0.15, 0.2) is 0 Å². The van der Waals surface area contributed by atoms with Gasteiger partial charge < -0.3 is 10.5 Å². The summed E-state index contributed by atoms with van der Waals surface area (Å²) >= 11 is 1.82. The minimum absolute atomic E-state index is 0.314. The van der Waals surface area contributed by atoms with Crippen LogP contribution in [0.25, 0.3) is 10.2 Å². The summed E-state index contributed by atoms with van der Waals surface area (Å²) in [6, 6.07) is 0. The SMILES string of the molecule is Nc1nc(C2CCCOC2)nc2sc3c(c12)CCCC3. The van der Waals surface area contributed by atoms with Gasteiger partial charge in [0.25, 0.3) is 0 Å². The molecular weight excluding hydrogens is 270 g/mol. The van der Waals surface area contributed by atoms with Crippen molar-refractivity contribution < 1.29 is 4.74 Å². The number of anilines is 1. The number of aromatic nitrogens is 2. The van der Waals surface area contributed by atoms with E-state index < -0.39 is 0 Å². The quantitative estimate of drug-likeness (QED) is 0.876. The number of nitrogen functional groups attached to an aromatic ring is 1. The van der Waals surface area contributed by atoms with Gasteiger partial charge in [0.2, 0.25) is 0 Å². The van der Waals surface area contributed by atoms with Gasteiger partial charge >= 0.3 is 0 Å². The minimum atomic E-state index is 0.314. The Hall–Kier alpha value is -1.20. The molecule has 2 aromatic rings. The van der Waals surface area contributed by atoms with E-state index in [2.05, 4.69) is 4.98 Å². The lowest BCUT2D eigenvalue weighted by Crippen LogP contribution is -2.18. The summed E-state index contributed by atoms with van der Waals surface area (Å²) in [6.07, 6.45) is 7.06. The summed E-state index contributed by atoms with van der Waals surface area (Å²) in [5, 5.41) is 1.13. The van der Waals surface area contributed by atoms with Gasteiger partial charge in [0, 0.05) is 17.4 Å². The highest BCUT2D eigenvalue weighted by Gasteiger charge is 2.24. The predicted molar refractivity (Wildman–Crippen MR) is 81.3 cm³/mol. The van der Waals surface area contributed by atoms with Crippen molar-refractivity contribution >= 4 is 27.4 Å². The topological polar surface area (TPSA) is 61.0 Å². The van der Waals surface area contributed by atoms with Crippen molar-refractivity contribution in [3.63, 3.8) is 0 Å². The highest BCUT2D eigenvalue weighted by molar-refractivity contribution is 7.19. The molecule has 0 radical (unpaired) electrons. The Balaban J connectivity index is 1.81. The zero-order chi connectivity index (χ0) is 13.5. The molecule has 0 aromatic carbocycles. The fraction of sp³-hybridized carbons (Fsp3) is 0.600. The van der Waals surface area contributed by atoms with E-state index in [1.54, 1.807) is 0 Å². The van der Waals surface area contributed by atoms with Crippen LogP contribution in [0.3, 0.4) is 0 Å². The fourth-order valence-corrected chi connectivity index (χ4v) is 4.61. The third kappa shape index (κ3) is 2.00. The summed E-state index contributed by atoms with van der Waals surface area (Å²) in [7, 11) is 0. The summed E-state index contributed by atoms with van der Waals surface area (Å²) in [6.45, 7) is 1.59. The third-order valence-corrected chi connectivity index (χ3v) is 5.57. The van der Waals surface area contributed by atoms with Crippen molar-refractivity contribution in [3.8, 4) is 0 Å². The van der Waals surface area contributed by atoms with Gasteiger partial charge in [-0.15, -0.1) is 11.3 Å². The number of rotatable bonds is 1. The Bertz CT molecular complexity index is 646. The number of fused-ring (bicyclic) bond motifs is 3. The van der Waals surface area contributed by atoms with Crippen LogP contribution in [-0.2, 0) is 17.6 Å². The number of thiophene rings is 1. The Morgan fingerprint density at radius 3 is 2.90 bits per heavy atom. The molecule has 20 heavy (non-hydrogen) atoms. The zero-order valence-corrected chi connectivity index (χ0v) is 12.3. The van der Waals surface area contributed by atoms with Crippen molar-refractivity contribution in [3.05, 3.63) is 16.3 Å². The second-order valence-corrected chi connectivity index (χ2v) is 6.86. The first kappa shape index (κ1) is 12.5. The molecule has 2 aliphatic rings. The molecule has 1 fully saturated rings. The first-order valence-corrected chi connectivity index (χ1v) is 8.30. The first-order valence-electron chi connectivity index (χ1n) is 7.48. The lowest BCUT2D eigenvalue weighted by molar-refractivity contribution is 0.0782. The Morgan fingerprint density at radius 1 is 1.15 bits per heavy atom. The van der Waals surface area contributed by atoms with Crippen molar-refractivity contribution in [2.45, 2.75) is 44.4 Å². The van der Waals surface area contributed by atoms with E-state index >= 15 is 0 Å². The van der Waals surface area contributed by atoms with Crippen LogP contribution in [0, 0.1) is 0 Å². The van der Waals surface area contributed by atoms with Gasteiger partial charge in [-0.3, -0.25) is 0 Å². The van der Waals surface area contributed by atoms with Crippen LogP contribution >= 0.6 is 11.3 Å². The molecule has 0 bridgehead atoms. The largest absolute Gasteiger partial charge is 0.383 e. The van der Waals surface area contributed by atoms with Crippen LogP contribution < -0.4 is 5.73 Å². The van der Waals surface area contributed by atoms with E-state index in [0.717, 1.165) is 48.5 Å². The molecule has 106 valence electrons. The van der Waals surface area contributed by atoms with Crippen molar-refractivity contribution in [1.29, 1.82) is 0 Å². The molecule has 4 nitrogen and oxygen atoms in total. The number of hydrogen-bond donors (Lipinski definition) is 1. The Kier molecular flexibility index (Phi) is 3.11. The maximum Gasteiger partial charge on any atom is 0.137 e. The zero-order valence-electron chi connectivity index (χ0n) is 11.5. The van der Waals surface area contributed by atoms with Crippen LogP contribution in [0.1, 0.15) is 47.9 Å². The maximum atomic E-state index is 6.25. The van der Waals surface area contributed by atoms with Crippen molar-refractivity contribution in [1.82, 2.24) is 9.97 Å². The molecule has 3 heterocycles. The van der Waals surface area contributed by atoms with Gasteiger partial charge in [-0.1, -0.05) is 0 Å². The molecule has 1 saturated heterocycles. The monoisotopic (exact) mass is 289 g/mol. The van der Waals surface area contributed by atoms with Crippen LogP contribution in [0.4, 0.5) is 5.82 Å². The normalized spacial score (nSPS) is 22.9. The molecule has 2 N–H and O–H groups in total. The molecular formula is C15H19N3OS. The van der Waals surface area contributed by atoms with Gasteiger partial charge in [0.05, 0.1) is 12.0 Å². The van der Waals surface area contributed by atoms with Crippen LogP contribution in [0.2, 0.25) is 0 Å². The average molecular weight is 289 g/mol. The number of nitrogens with zero attached hydrogens (tertiary/aromatic N) is 2. The summed E-state index contributed by atoms with van der Waals surface area (Å²) < 4.78 is 5.55. The standard InChI is InChI=1S/C15H19N3OS/c16-13-12-10-5-1-2-6-11(10)20-15(12)18-14(17-13)9-4-3-7-19-8-9/h9H,1-8H2,(H2,16,17,18). The molecule has 1 aliphatic heterocycles. The lowest BCUT2D eigenvalue weighted by Gasteiger charge is -2.21. The third-order valence-electron chi connectivity index (χ3n) is 4.39. The number of hydrogen-bond acceptors (Lipinski definition) is 5. The lowest BCUT2D eigenvalue weighted by atomic mass is 9.96. The van der Waals surface area contributed by atoms with E-state index in [0.29, 0.717) is 11.7 Å². The Labute approximate surface area is 122 Å². The van der Waals surface area contributed by atoms with E-state index in [1.807, 2.05) is 11.3 Å². The molecule has 1 atom stereocenters. The second kappa shape index (κ2) is 4.97. The maximum absolute atomic E-state index is 6.25. The minimum Gasteiger partial charge on any atom is -0.383 e. The van der Waals surface area contributed by atoms with Gasteiger partial charge in [-0.05, 0) is 44.1 Å². The van der Waals surface area contributed by atoms with Crippen LogP contribution in [0.5, 0.6) is 0 Å². The smallest absolute Gasteiger partial charge is 0.137 e. The van der Waals surface area contributed by atoms with E-state index in [1.165, 1.54) is 29.7 Å². The molecule has 1 aliphatic carbocycles. The highest BCUT2D eigenvalue weighted by Crippen LogP contribution is 2.38. The van der Waals surface area contributed by atoms with Gasteiger partial charge in [-0.25, -0.2) is 9.97 Å². The first-order chi connectivity index (χ1) is 9.83. The molecule has 2 aromatic heterocycles. The summed E-state index contributed by atoms with van der Waals surface area (Å²) in [4.78, 5) is 12.0. The molecule has 1 unspecified atom stereocenters. The van der Waals surface area contributed by atoms with Gasteiger partial charge in [0.15, 0.2) is 0 Å². The van der Waals surface area contributed by atoms with Gasteiger partial charge in [0.1, 0.15) is 16.5 Å². The van der Waals surface area contributed by atoms with Crippen molar-refractivity contribution in [2.24, 2.45) is 0 Å². The predicted octanol–water partition coefficient (Wildman–Crippen LogP) is 3.05. The summed E-state index contributed by atoms with van der Waals surface area (Å²) in [5.74, 6) is 1.87. The molecule has 4 rings (SSSR count). The van der Waals surface area contributed by atoms with Gasteiger partial charge in [-0.2, -0.15) is 0 Å². The fourth-order valence-electron chi connectivity index (χ4n) is 3.33. The molecule has 0 saturated carbocycles. The highest BCUT2D eigenvalue weighted by atomic mass is 32.1. The van der Waals surface area contributed by atoms with E-state index in [9.17, 15) is 0 Å². The molecule has 0 amide bonds. The summed E-state index contributed by atoms with van der Waals surface area (Å²) in [5.41, 5.74) is 7.66.